The molecule has 7 nitrogen and oxygen atoms in total. The lowest BCUT2D eigenvalue weighted by Crippen LogP contribution is -2.51. The third-order valence-corrected chi connectivity index (χ3v) is 5.44. The monoisotopic (exact) mass is 392 g/mol. The van der Waals surface area contributed by atoms with Crippen molar-refractivity contribution in [3.8, 4) is 11.5 Å². The predicted octanol–water partition coefficient (Wildman–Crippen LogP) is 2.89. The number of aryl methyl sites for hydroxylation is 2. The van der Waals surface area contributed by atoms with Crippen LogP contribution in [0.25, 0.3) is 11.5 Å². The zero-order valence-corrected chi connectivity index (χ0v) is 16.9. The van der Waals surface area contributed by atoms with Crippen LogP contribution in [-0.4, -0.2) is 50.3 Å². The summed E-state index contributed by atoms with van der Waals surface area (Å²) in [5.41, 5.74) is 1.65. The van der Waals surface area contributed by atoms with E-state index in [0.717, 1.165) is 69.0 Å². The van der Waals surface area contributed by atoms with Crippen LogP contribution in [0.5, 0.6) is 0 Å². The second-order valence-corrected chi connectivity index (χ2v) is 7.41. The molecule has 0 bridgehead atoms. The van der Waals surface area contributed by atoms with Gasteiger partial charge in [0.15, 0.2) is 0 Å². The van der Waals surface area contributed by atoms with Crippen LogP contribution in [0.3, 0.4) is 0 Å². The zero-order valence-electron chi connectivity index (χ0n) is 16.1. The van der Waals surface area contributed by atoms with Gasteiger partial charge in [-0.05, 0) is 44.7 Å². The van der Waals surface area contributed by atoms with Crippen LogP contribution in [0, 0.1) is 6.92 Å². The van der Waals surface area contributed by atoms with Gasteiger partial charge in [0.05, 0.1) is 18.4 Å². The molecule has 3 heterocycles. The minimum atomic E-state index is 0. The van der Waals surface area contributed by atoms with Crippen LogP contribution < -0.4 is 5.32 Å². The van der Waals surface area contributed by atoms with E-state index in [2.05, 4.69) is 27.1 Å². The number of unbranched alkanes of at least 4 members (excludes halogenated alkanes) is 1. The zero-order chi connectivity index (χ0) is 17.9. The lowest BCUT2D eigenvalue weighted by Gasteiger charge is -2.39. The Kier molecular flexibility index (Phi) is 6.78. The van der Waals surface area contributed by atoms with Crippen LogP contribution in [0.1, 0.15) is 56.5 Å². The molecule has 1 aliphatic carbocycles. The molecule has 0 spiro atoms. The molecule has 0 unspecified atom stereocenters. The van der Waals surface area contributed by atoms with E-state index in [9.17, 15) is 0 Å². The summed E-state index contributed by atoms with van der Waals surface area (Å²) in [5, 5.41) is 16.8. The molecular formula is C19H29ClN6O. The van der Waals surface area contributed by atoms with Gasteiger partial charge in [-0.3, -0.25) is 0 Å². The van der Waals surface area contributed by atoms with Crippen molar-refractivity contribution in [2.24, 2.45) is 0 Å². The Balaban J connectivity index is 0.00000210. The Morgan fingerprint density at radius 3 is 2.93 bits per heavy atom. The average Bonchev–Trinajstić information content (AvgIpc) is 3.10. The van der Waals surface area contributed by atoms with Gasteiger partial charge in [0.2, 0.25) is 5.82 Å². The highest BCUT2D eigenvalue weighted by Gasteiger charge is 2.35. The van der Waals surface area contributed by atoms with Crippen molar-refractivity contribution in [2.45, 2.75) is 70.6 Å². The molecule has 0 radical (unpaired) electrons. The number of morpholine rings is 1. The summed E-state index contributed by atoms with van der Waals surface area (Å²) in [6, 6.07) is 4.35. The van der Waals surface area contributed by atoms with Gasteiger partial charge in [0.1, 0.15) is 11.5 Å². The third kappa shape index (κ3) is 4.47. The van der Waals surface area contributed by atoms with Crippen LogP contribution >= 0.6 is 12.4 Å². The second kappa shape index (κ2) is 9.08. The normalized spacial score (nSPS) is 24.9. The van der Waals surface area contributed by atoms with Gasteiger partial charge in [-0.15, -0.1) is 22.6 Å². The summed E-state index contributed by atoms with van der Waals surface area (Å²) in [7, 11) is 0. The molecule has 2 aromatic rings. The number of ether oxygens (including phenoxy) is 1. The Bertz CT molecular complexity index is 734. The molecule has 4 rings (SSSR count). The SMILES string of the molecule is CCCCn1nc(-c2ccc(C)nn2)nc1[C@H]1CC[C@H]2OCCN[C@@H]2C1.Cl. The fourth-order valence-electron chi connectivity index (χ4n) is 4.00. The molecule has 3 atom stereocenters. The minimum absolute atomic E-state index is 0. The average molecular weight is 393 g/mol. The molecule has 1 aliphatic heterocycles. The fraction of sp³-hybridized carbons (Fsp3) is 0.684. The number of rotatable bonds is 5. The summed E-state index contributed by atoms with van der Waals surface area (Å²) >= 11 is 0. The van der Waals surface area contributed by atoms with E-state index >= 15 is 0 Å². The molecule has 0 amide bonds. The summed E-state index contributed by atoms with van der Waals surface area (Å²) in [6.07, 6.45) is 5.86. The Labute approximate surface area is 166 Å². The van der Waals surface area contributed by atoms with Crippen molar-refractivity contribution in [3.05, 3.63) is 23.7 Å². The minimum Gasteiger partial charge on any atom is -0.375 e. The number of fused-ring (bicyclic) bond motifs is 1. The summed E-state index contributed by atoms with van der Waals surface area (Å²) < 4.78 is 8.03. The highest BCUT2D eigenvalue weighted by atomic mass is 35.5. The summed E-state index contributed by atoms with van der Waals surface area (Å²) in [4.78, 5) is 4.91. The van der Waals surface area contributed by atoms with Crippen LogP contribution in [0.4, 0.5) is 0 Å². The maximum Gasteiger partial charge on any atom is 0.201 e. The maximum absolute atomic E-state index is 5.92. The molecule has 2 aromatic heterocycles. The number of hydrogen-bond donors (Lipinski definition) is 1. The Hall–Kier alpha value is -1.57. The molecule has 2 aliphatic rings. The van der Waals surface area contributed by atoms with Gasteiger partial charge in [-0.2, -0.15) is 5.10 Å². The van der Waals surface area contributed by atoms with Gasteiger partial charge < -0.3 is 10.1 Å². The fourth-order valence-corrected chi connectivity index (χ4v) is 4.00. The quantitative estimate of drug-likeness (QED) is 0.842. The molecule has 148 valence electrons. The van der Waals surface area contributed by atoms with Gasteiger partial charge in [0, 0.05) is 25.0 Å². The lowest BCUT2D eigenvalue weighted by atomic mass is 9.82. The summed E-state index contributed by atoms with van der Waals surface area (Å²) in [6.45, 7) is 6.83. The predicted molar refractivity (Wildman–Crippen MR) is 106 cm³/mol. The van der Waals surface area contributed by atoms with E-state index in [4.69, 9.17) is 14.8 Å². The molecule has 0 aromatic carbocycles. The first-order valence-electron chi connectivity index (χ1n) is 9.85. The highest BCUT2D eigenvalue weighted by Crippen LogP contribution is 2.35. The number of hydrogen-bond acceptors (Lipinski definition) is 6. The molecule has 1 N–H and O–H groups in total. The lowest BCUT2D eigenvalue weighted by molar-refractivity contribution is -0.0282. The summed E-state index contributed by atoms with van der Waals surface area (Å²) in [5.74, 6) is 2.21. The van der Waals surface area contributed by atoms with Crippen molar-refractivity contribution in [1.29, 1.82) is 0 Å². The van der Waals surface area contributed by atoms with Crippen molar-refractivity contribution >= 4 is 12.4 Å². The van der Waals surface area contributed by atoms with E-state index in [1.807, 2.05) is 19.1 Å². The third-order valence-electron chi connectivity index (χ3n) is 5.44. The first kappa shape index (κ1) is 20.2. The van der Waals surface area contributed by atoms with E-state index in [-0.39, 0.29) is 12.4 Å². The van der Waals surface area contributed by atoms with Crippen LogP contribution in [-0.2, 0) is 11.3 Å². The molecular weight excluding hydrogens is 364 g/mol. The van der Waals surface area contributed by atoms with Gasteiger partial charge in [-0.1, -0.05) is 13.3 Å². The van der Waals surface area contributed by atoms with Gasteiger partial charge >= 0.3 is 0 Å². The topological polar surface area (TPSA) is 77.8 Å². The Morgan fingerprint density at radius 1 is 1.26 bits per heavy atom. The van der Waals surface area contributed by atoms with Crippen LogP contribution in [0.15, 0.2) is 12.1 Å². The maximum atomic E-state index is 5.92. The van der Waals surface area contributed by atoms with E-state index in [1.54, 1.807) is 0 Å². The first-order chi connectivity index (χ1) is 12.7. The first-order valence-corrected chi connectivity index (χ1v) is 9.85. The van der Waals surface area contributed by atoms with Crippen molar-refractivity contribution in [1.82, 2.24) is 30.3 Å². The van der Waals surface area contributed by atoms with Gasteiger partial charge in [-0.25, -0.2) is 9.67 Å². The van der Waals surface area contributed by atoms with Crippen LogP contribution in [0.2, 0.25) is 0 Å². The molecule has 27 heavy (non-hydrogen) atoms. The second-order valence-electron chi connectivity index (χ2n) is 7.41. The van der Waals surface area contributed by atoms with Crippen molar-refractivity contribution in [3.63, 3.8) is 0 Å². The van der Waals surface area contributed by atoms with E-state index in [1.165, 1.54) is 0 Å². The standard InChI is InChI=1S/C19H28N6O.ClH/c1-3-4-10-25-19(14-6-8-17-16(12-14)20-9-11-26-17)21-18(24-25)15-7-5-13(2)22-23-15;/h5,7,14,16-17,20H,3-4,6,8-12H2,1-2H3;1H/t14-,16+,17+;/m0./s1. The largest absolute Gasteiger partial charge is 0.375 e. The molecule has 1 saturated heterocycles. The highest BCUT2D eigenvalue weighted by molar-refractivity contribution is 5.85. The number of nitrogens with zero attached hydrogens (tertiary/aromatic N) is 5. The number of halogens is 1. The molecule has 1 saturated carbocycles. The number of aromatic nitrogens is 5. The van der Waals surface area contributed by atoms with E-state index < -0.39 is 0 Å². The molecule has 2 fully saturated rings. The number of nitrogens with one attached hydrogen (secondary N) is 1. The van der Waals surface area contributed by atoms with Gasteiger partial charge in [0.25, 0.3) is 0 Å². The van der Waals surface area contributed by atoms with Crippen molar-refractivity contribution in [2.75, 3.05) is 13.2 Å². The Morgan fingerprint density at radius 2 is 2.15 bits per heavy atom. The molecule has 8 heteroatoms. The van der Waals surface area contributed by atoms with Crippen molar-refractivity contribution < 1.29 is 4.74 Å². The van der Waals surface area contributed by atoms with E-state index in [0.29, 0.717) is 23.9 Å². The smallest absolute Gasteiger partial charge is 0.201 e.